The number of likely N-dealkylation sites (N-methyl/N-ethyl adjacent to an activating group) is 3. The minimum atomic E-state index is -0.472. The molecule has 3 N–H and O–H groups in total. The van der Waals surface area contributed by atoms with Gasteiger partial charge < -0.3 is 4.74 Å². The van der Waals surface area contributed by atoms with Gasteiger partial charge >= 0.3 is 5.97 Å². The zero-order valence-corrected chi connectivity index (χ0v) is 8.89. The van der Waals surface area contributed by atoms with Crippen LogP contribution in [0.5, 0.6) is 0 Å². The molecule has 0 heterocycles. The van der Waals surface area contributed by atoms with Gasteiger partial charge in [-0.15, -0.1) is 0 Å². The van der Waals surface area contributed by atoms with Gasteiger partial charge in [-0.3, -0.25) is 20.7 Å². The van der Waals surface area contributed by atoms with Crippen LogP contribution >= 0.6 is 0 Å². The number of rotatable bonds is 5. The van der Waals surface area contributed by atoms with E-state index in [1.165, 1.54) is 6.92 Å². The molecule has 0 spiro atoms. The fourth-order valence-corrected chi connectivity index (χ4v) is 1.02. The highest BCUT2D eigenvalue weighted by molar-refractivity contribution is 5.66. The van der Waals surface area contributed by atoms with E-state index in [1.807, 2.05) is 6.92 Å². The van der Waals surface area contributed by atoms with Crippen LogP contribution in [0.3, 0.4) is 0 Å². The van der Waals surface area contributed by atoms with Gasteiger partial charge in [0.25, 0.3) is 0 Å². The molecule has 78 valence electrons. The summed E-state index contributed by atoms with van der Waals surface area (Å²) < 4.78 is 5.07. The lowest BCUT2D eigenvalue weighted by Gasteiger charge is -2.35. The Labute approximate surface area is 79.2 Å². The smallest absolute Gasteiger partial charge is 0.304 e. The summed E-state index contributed by atoms with van der Waals surface area (Å²) >= 11 is 0. The maximum atomic E-state index is 10.8. The lowest BCUT2D eigenvalue weighted by molar-refractivity contribution is -0.153. The minimum Gasteiger partial charge on any atom is -0.443 e. The maximum Gasteiger partial charge on any atom is 0.304 e. The van der Waals surface area contributed by atoms with Crippen molar-refractivity contribution in [3.8, 4) is 0 Å². The molecule has 0 aromatic carbocycles. The standard InChI is InChI=1S/C8H19N3O2/c1-6(12)13-7(9-3)8(2,10-4)11-5/h7,9-11H,1-5H3. The van der Waals surface area contributed by atoms with Crippen LogP contribution in [0.1, 0.15) is 13.8 Å². The minimum absolute atomic E-state index is 0.309. The van der Waals surface area contributed by atoms with Crippen LogP contribution in [0.2, 0.25) is 0 Å². The van der Waals surface area contributed by atoms with E-state index < -0.39 is 11.9 Å². The summed E-state index contributed by atoms with van der Waals surface area (Å²) in [5.74, 6) is -0.309. The number of ether oxygens (including phenoxy) is 1. The molecule has 0 rings (SSSR count). The molecule has 5 heteroatoms. The Bertz CT molecular complexity index is 169. The number of hydrogen-bond donors (Lipinski definition) is 3. The molecule has 0 aliphatic rings. The Balaban J connectivity index is 4.42. The fraction of sp³-hybridized carbons (Fsp3) is 0.875. The van der Waals surface area contributed by atoms with Gasteiger partial charge in [0, 0.05) is 6.92 Å². The largest absolute Gasteiger partial charge is 0.443 e. The highest BCUT2D eigenvalue weighted by atomic mass is 16.6. The summed E-state index contributed by atoms with van der Waals surface area (Å²) in [5, 5.41) is 8.98. The third-order valence-electron chi connectivity index (χ3n) is 2.11. The number of hydrogen-bond acceptors (Lipinski definition) is 5. The summed E-state index contributed by atoms with van der Waals surface area (Å²) in [7, 11) is 5.33. The second-order valence-electron chi connectivity index (χ2n) is 2.98. The van der Waals surface area contributed by atoms with Gasteiger partial charge in [-0.25, -0.2) is 0 Å². The summed E-state index contributed by atoms with van der Waals surface area (Å²) in [6, 6.07) is 0. The lowest BCUT2D eigenvalue weighted by atomic mass is 10.1. The van der Waals surface area contributed by atoms with Crippen LogP contribution in [0.15, 0.2) is 0 Å². The normalized spacial score (nSPS) is 13.9. The van der Waals surface area contributed by atoms with Crippen molar-refractivity contribution in [2.24, 2.45) is 0 Å². The van der Waals surface area contributed by atoms with Gasteiger partial charge in [-0.05, 0) is 28.1 Å². The van der Waals surface area contributed by atoms with E-state index in [0.717, 1.165) is 0 Å². The van der Waals surface area contributed by atoms with E-state index in [0.29, 0.717) is 0 Å². The topological polar surface area (TPSA) is 62.4 Å². The molecule has 0 aliphatic heterocycles. The summed E-state index contributed by atoms with van der Waals surface area (Å²) in [4.78, 5) is 10.8. The first kappa shape index (κ1) is 12.3. The van der Waals surface area contributed by atoms with Crippen LogP contribution in [0.4, 0.5) is 0 Å². The van der Waals surface area contributed by atoms with Crippen molar-refractivity contribution in [2.45, 2.75) is 25.7 Å². The molecule has 0 saturated heterocycles. The third kappa shape index (κ3) is 3.30. The van der Waals surface area contributed by atoms with E-state index in [-0.39, 0.29) is 5.97 Å². The molecule has 1 atom stereocenters. The SMILES string of the molecule is CNC(OC(C)=O)C(C)(NC)NC. The van der Waals surface area contributed by atoms with E-state index >= 15 is 0 Å². The van der Waals surface area contributed by atoms with E-state index in [2.05, 4.69) is 16.0 Å². The van der Waals surface area contributed by atoms with Gasteiger partial charge in [0.15, 0.2) is 6.23 Å². The van der Waals surface area contributed by atoms with Crippen molar-refractivity contribution >= 4 is 5.97 Å². The Morgan fingerprint density at radius 2 is 1.77 bits per heavy atom. The van der Waals surface area contributed by atoms with Gasteiger partial charge in [-0.1, -0.05) is 0 Å². The van der Waals surface area contributed by atoms with Crippen LogP contribution in [0.25, 0.3) is 0 Å². The van der Waals surface area contributed by atoms with Crippen LogP contribution in [0, 0.1) is 0 Å². The number of nitrogens with one attached hydrogen (secondary N) is 3. The van der Waals surface area contributed by atoms with Gasteiger partial charge in [0.2, 0.25) is 0 Å². The maximum absolute atomic E-state index is 10.8. The highest BCUT2D eigenvalue weighted by Crippen LogP contribution is 2.06. The van der Waals surface area contributed by atoms with Crippen molar-refractivity contribution in [1.82, 2.24) is 16.0 Å². The van der Waals surface area contributed by atoms with Crippen molar-refractivity contribution in [3.63, 3.8) is 0 Å². The Morgan fingerprint density at radius 3 is 2.00 bits per heavy atom. The first-order valence-electron chi connectivity index (χ1n) is 4.22. The second kappa shape index (κ2) is 5.16. The molecule has 5 nitrogen and oxygen atoms in total. The van der Waals surface area contributed by atoms with Gasteiger partial charge in [0.1, 0.15) is 5.66 Å². The second-order valence-corrected chi connectivity index (χ2v) is 2.98. The zero-order valence-electron chi connectivity index (χ0n) is 8.89. The quantitative estimate of drug-likeness (QED) is 0.392. The van der Waals surface area contributed by atoms with Crippen molar-refractivity contribution < 1.29 is 9.53 Å². The first-order chi connectivity index (χ1) is 6.00. The predicted octanol–water partition coefficient (Wildman–Crippen LogP) is -0.750. The third-order valence-corrected chi connectivity index (χ3v) is 2.11. The molecule has 0 saturated carbocycles. The van der Waals surface area contributed by atoms with Crippen molar-refractivity contribution in [3.05, 3.63) is 0 Å². The lowest BCUT2D eigenvalue weighted by Crippen LogP contribution is -2.65. The molecular formula is C8H19N3O2. The number of carbonyl (C=O) groups excluding carboxylic acids is 1. The molecule has 0 aromatic heterocycles. The molecule has 0 amide bonds. The Morgan fingerprint density at radius 1 is 1.31 bits per heavy atom. The molecule has 0 aromatic rings. The van der Waals surface area contributed by atoms with Crippen molar-refractivity contribution in [2.75, 3.05) is 21.1 Å². The van der Waals surface area contributed by atoms with E-state index in [9.17, 15) is 4.79 Å². The highest BCUT2D eigenvalue weighted by Gasteiger charge is 2.32. The number of carbonyl (C=O) groups is 1. The van der Waals surface area contributed by atoms with E-state index in [1.54, 1.807) is 21.1 Å². The van der Waals surface area contributed by atoms with Crippen LogP contribution in [-0.2, 0) is 9.53 Å². The fourth-order valence-electron chi connectivity index (χ4n) is 1.02. The molecule has 1 unspecified atom stereocenters. The molecule has 0 aliphatic carbocycles. The van der Waals surface area contributed by atoms with Crippen LogP contribution in [-0.4, -0.2) is 39.0 Å². The summed E-state index contributed by atoms with van der Waals surface area (Å²) in [6.07, 6.45) is -0.403. The Hall–Kier alpha value is -0.650. The monoisotopic (exact) mass is 189 g/mol. The van der Waals surface area contributed by atoms with E-state index in [4.69, 9.17) is 4.74 Å². The van der Waals surface area contributed by atoms with Crippen molar-refractivity contribution in [1.29, 1.82) is 0 Å². The molecule has 0 bridgehead atoms. The Kier molecular flexibility index (Phi) is 4.90. The molecule has 0 fully saturated rings. The van der Waals surface area contributed by atoms with Gasteiger partial charge in [-0.2, -0.15) is 0 Å². The molecule has 0 radical (unpaired) electrons. The number of esters is 1. The average molecular weight is 189 g/mol. The molecule has 13 heavy (non-hydrogen) atoms. The zero-order chi connectivity index (χ0) is 10.5. The molecular weight excluding hydrogens is 170 g/mol. The first-order valence-corrected chi connectivity index (χ1v) is 4.22. The predicted molar refractivity (Wildman–Crippen MR) is 51.1 cm³/mol. The van der Waals surface area contributed by atoms with Gasteiger partial charge in [0.05, 0.1) is 0 Å². The van der Waals surface area contributed by atoms with Crippen LogP contribution < -0.4 is 16.0 Å². The average Bonchev–Trinajstić information content (AvgIpc) is 2.12. The summed E-state index contributed by atoms with van der Waals surface area (Å²) in [5.41, 5.74) is -0.472. The summed E-state index contributed by atoms with van der Waals surface area (Å²) in [6.45, 7) is 3.28.